The van der Waals surface area contributed by atoms with Gasteiger partial charge in [-0.05, 0) is 12.1 Å². The van der Waals surface area contributed by atoms with Gasteiger partial charge >= 0.3 is 6.18 Å². The Morgan fingerprint density at radius 1 is 1.30 bits per heavy atom. The fourth-order valence-corrected chi connectivity index (χ4v) is 2.58. The highest BCUT2D eigenvalue weighted by Crippen LogP contribution is 2.37. The molecule has 1 aromatic carbocycles. The number of hydrogen-bond donors (Lipinski definition) is 1. The maximum absolute atomic E-state index is 12.9. The quantitative estimate of drug-likeness (QED) is 0.537. The van der Waals surface area contributed by atoms with E-state index in [4.69, 9.17) is 5.21 Å². The second-order valence-electron chi connectivity index (χ2n) is 3.85. The van der Waals surface area contributed by atoms with Crippen LogP contribution in [0.5, 0.6) is 0 Å². The van der Waals surface area contributed by atoms with Crippen molar-refractivity contribution in [1.82, 2.24) is 9.78 Å². The van der Waals surface area contributed by atoms with Crippen LogP contribution in [0.1, 0.15) is 11.3 Å². The first-order valence-electron chi connectivity index (χ1n) is 5.48. The van der Waals surface area contributed by atoms with Crippen molar-refractivity contribution < 1.29 is 18.4 Å². The van der Waals surface area contributed by atoms with Gasteiger partial charge in [-0.15, -0.1) is 0 Å². The van der Waals surface area contributed by atoms with Gasteiger partial charge in [-0.25, -0.2) is 0 Å². The fraction of sp³-hybridized carbons (Fsp3) is 0.167. The van der Waals surface area contributed by atoms with Crippen molar-refractivity contribution in [3.8, 4) is 0 Å². The second kappa shape index (κ2) is 5.58. The molecule has 1 aromatic heterocycles. The summed E-state index contributed by atoms with van der Waals surface area (Å²) in [4.78, 5) is 0.761. The van der Waals surface area contributed by atoms with Crippen molar-refractivity contribution in [1.29, 1.82) is 0 Å². The Labute approximate surface area is 116 Å². The molecule has 0 spiro atoms. The van der Waals surface area contributed by atoms with Gasteiger partial charge < -0.3 is 5.21 Å². The third-order valence-corrected chi connectivity index (χ3v) is 3.63. The Morgan fingerprint density at radius 3 is 2.50 bits per heavy atom. The van der Waals surface area contributed by atoms with Crippen molar-refractivity contribution in [2.45, 2.75) is 16.1 Å². The first kappa shape index (κ1) is 14.4. The number of halogens is 3. The van der Waals surface area contributed by atoms with E-state index in [1.54, 1.807) is 24.3 Å². The highest BCUT2D eigenvalue weighted by Gasteiger charge is 2.38. The van der Waals surface area contributed by atoms with Crippen LogP contribution in [-0.2, 0) is 13.2 Å². The minimum Gasteiger partial charge on any atom is -0.411 e. The molecule has 2 aromatic rings. The van der Waals surface area contributed by atoms with Gasteiger partial charge in [-0.2, -0.15) is 18.3 Å². The number of aromatic nitrogens is 2. The summed E-state index contributed by atoms with van der Waals surface area (Å²) in [6, 6.07) is 8.91. The van der Waals surface area contributed by atoms with Crippen LogP contribution in [0.2, 0.25) is 0 Å². The normalized spacial score (nSPS) is 12.2. The lowest BCUT2D eigenvalue weighted by Gasteiger charge is -2.04. The zero-order valence-electron chi connectivity index (χ0n) is 10.3. The SMILES string of the molecule is Cn1nc(C(F)(F)F)c(/C=N/O)c1Sc1ccccc1. The van der Waals surface area contributed by atoms with Gasteiger partial charge in [0.2, 0.25) is 0 Å². The summed E-state index contributed by atoms with van der Waals surface area (Å²) < 4.78 is 39.7. The Bertz CT molecular complexity index is 623. The van der Waals surface area contributed by atoms with Crippen LogP contribution >= 0.6 is 11.8 Å². The first-order chi connectivity index (χ1) is 9.43. The molecule has 0 aliphatic rings. The predicted octanol–water partition coefficient (Wildman–Crippen LogP) is 3.40. The van der Waals surface area contributed by atoms with Crippen LogP contribution < -0.4 is 0 Å². The summed E-state index contributed by atoms with van der Waals surface area (Å²) >= 11 is 1.12. The minimum absolute atomic E-state index is 0.251. The van der Waals surface area contributed by atoms with Gasteiger partial charge in [0.15, 0.2) is 5.69 Å². The van der Waals surface area contributed by atoms with Gasteiger partial charge in [0, 0.05) is 11.9 Å². The molecular weight excluding hydrogens is 291 g/mol. The largest absolute Gasteiger partial charge is 0.435 e. The molecule has 0 aliphatic carbocycles. The molecule has 20 heavy (non-hydrogen) atoms. The van der Waals surface area contributed by atoms with Gasteiger partial charge in [-0.1, -0.05) is 35.1 Å². The Balaban J connectivity index is 2.50. The Hall–Kier alpha value is -1.96. The average Bonchev–Trinajstić information content (AvgIpc) is 2.69. The van der Waals surface area contributed by atoms with Gasteiger partial charge in [0.1, 0.15) is 5.03 Å². The third-order valence-electron chi connectivity index (χ3n) is 2.44. The molecule has 0 unspecified atom stereocenters. The number of nitrogens with zero attached hydrogens (tertiary/aromatic N) is 3. The minimum atomic E-state index is -4.61. The lowest BCUT2D eigenvalue weighted by molar-refractivity contribution is -0.141. The summed E-state index contributed by atoms with van der Waals surface area (Å²) in [6.45, 7) is 0. The molecule has 0 fully saturated rings. The van der Waals surface area contributed by atoms with E-state index in [0.717, 1.165) is 27.6 Å². The van der Waals surface area contributed by atoms with Crippen LogP contribution in [0.15, 0.2) is 45.4 Å². The molecule has 0 radical (unpaired) electrons. The number of benzene rings is 1. The van der Waals surface area contributed by atoms with Crippen LogP contribution in [0.4, 0.5) is 13.2 Å². The monoisotopic (exact) mass is 301 g/mol. The van der Waals surface area contributed by atoms with E-state index in [1.807, 2.05) is 6.07 Å². The number of alkyl halides is 3. The number of oxime groups is 1. The first-order valence-corrected chi connectivity index (χ1v) is 6.29. The van der Waals surface area contributed by atoms with Crippen LogP contribution in [0, 0.1) is 0 Å². The summed E-state index contributed by atoms with van der Waals surface area (Å²) in [5.74, 6) is 0. The molecular formula is C12H10F3N3OS. The Morgan fingerprint density at radius 2 is 1.95 bits per heavy atom. The van der Waals surface area contributed by atoms with Crippen LogP contribution in [0.25, 0.3) is 0 Å². The van der Waals surface area contributed by atoms with E-state index < -0.39 is 11.9 Å². The van der Waals surface area contributed by atoms with Crippen molar-refractivity contribution >= 4 is 18.0 Å². The van der Waals surface area contributed by atoms with Crippen molar-refractivity contribution in [3.05, 3.63) is 41.6 Å². The maximum atomic E-state index is 12.9. The molecule has 0 saturated carbocycles. The lowest BCUT2D eigenvalue weighted by atomic mass is 10.2. The molecule has 106 valence electrons. The molecule has 2 rings (SSSR count). The molecule has 0 saturated heterocycles. The second-order valence-corrected chi connectivity index (χ2v) is 4.91. The molecule has 4 nitrogen and oxygen atoms in total. The van der Waals surface area contributed by atoms with Crippen molar-refractivity contribution in [2.75, 3.05) is 0 Å². The van der Waals surface area contributed by atoms with E-state index in [-0.39, 0.29) is 10.6 Å². The highest BCUT2D eigenvalue weighted by atomic mass is 32.2. The molecule has 0 atom stereocenters. The molecule has 1 N–H and O–H groups in total. The summed E-state index contributed by atoms with van der Waals surface area (Å²) in [5, 5.41) is 15.0. The van der Waals surface area contributed by atoms with Crippen LogP contribution in [0.3, 0.4) is 0 Å². The molecule has 1 heterocycles. The zero-order valence-corrected chi connectivity index (χ0v) is 11.1. The topological polar surface area (TPSA) is 50.4 Å². The molecule has 8 heteroatoms. The van der Waals surface area contributed by atoms with E-state index in [9.17, 15) is 13.2 Å². The maximum Gasteiger partial charge on any atom is 0.435 e. The average molecular weight is 301 g/mol. The highest BCUT2D eigenvalue weighted by molar-refractivity contribution is 7.99. The van der Waals surface area contributed by atoms with E-state index in [1.165, 1.54) is 7.05 Å². The number of aryl methyl sites for hydroxylation is 1. The summed E-state index contributed by atoms with van der Waals surface area (Å²) in [5.41, 5.74) is -1.33. The number of rotatable bonds is 3. The molecule has 0 aliphatic heterocycles. The summed E-state index contributed by atoms with van der Waals surface area (Å²) in [6.07, 6.45) is -3.86. The summed E-state index contributed by atoms with van der Waals surface area (Å²) in [7, 11) is 1.41. The fourth-order valence-electron chi connectivity index (χ4n) is 1.63. The van der Waals surface area contributed by atoms with Crippen LogP contribution in [-0.4, -0.2) is 21.2 Å². The van der Waals surface area contributed by atoms with Crippen molar-refractivity contribution in [3.63, 3.8) is 0 Å². The van der Waals surface area contributed by atoms with E-state index in [0.29, 0.717) is 0 Å². The predicted molar refractivity (Wildman–Crippen MR) is 68.2 cm³/mol. The van der Waals surface area contributed by atoms with Crippen molar-refractivity contribution in [2.24, 2.45) is 12.2 Å². The molecule has 0 bridgehead atoms. The van der Waals surface area contributed by atoms with Gasteiger partial charge in [0.05, 0.1) is 11.8 Å². The third kappa shape index (κ3) is 2.96. The van der Waals surface area contributed by atoms with E-state index in [2.05, 4.69) is 10.3 Å². The van der Waals surface area contributed by atoms with Gasteiger partial charge in [-0.3, -0.25) is 4.68 Å². The lowest BCUT2D eigenvalue weighted by Crippen LogP contribution is -2.09. The standard InChI is InChI=1S/C12H10F3N3OS/c1-18-11(20-8-5-3-2-4-6-8)9(7-16-19)10(17-18)12(13,14)15/h2-7,19H,1H3/b16-7+. The van der Waals surface area contributed by atoms with Gasteiger partial charge in [0.25, 0.3) is 0 Å². The zero-order chi connectivity index (χ0) is 14.8. The smallest absolute Gasteiger partial charge is 0.411 e. The van der Waals surface area contributed by atoms with E-state index >= 15 is 0 Å². The Kier molecular flexibility index (Phi) is 4.03. The molecule has 0 amide bonds. The number of hydrogen-bond acceptors (Lipinski definition) is 4.